The van der Waals surface area contributed by atoms with Crippen molar-refractivity contribution in [3.63, 3.8) is 0 Å². The fourth-order valence-corrected chi connectivity index (χ4v) is 3.48. The summed E-state index contributed by atoms with van der Waals surface area (Å²) in [6.07, 6.45) is 0.255. The number of hydrogen-bond acceptors (Lipinski definition) is 5. The van der Waals surface area contributed by atoms with Crippen LogP contribution in [0.5, 0.6) is 17.2 Å². The standard InChI is InChI=1S/C25H25NO5/c1-2-29-24(25(27)28)16-17-7-10-19(11-8-17)30-14-13-18-9-12-23-21(15-18)26-20-5-3-4-6-22(20)31-23/h3-12,15,24,26H,2,13-14,16H2,1H3,(H,27,28). The van der Waals surface area contributed by atoms with Crippen molar-refractivity contribution < 1.29 is 24.1 Å². The molecule has 1 heterocycles. The zero-order chi connectivity index (χ0) is 21.6. The smallest absolute Gasteiger partial charge is 0.333 e. The van der Waals surface area contributed by atoms with Gasteiger partial charge in [0, 0.05) is 19.4 Å². The topological polar surface area (TPSA) is 77.0 Å². The van der Waals surface area contributed by atoms with Crippen LogP contribution in [0.2, 0.25) is 0 Å². The van der Waals surface area contributed by atoms with Crippen LogP contribution in [-0.2, 0) is 22.4 Å². The number of ether oxygens (including phenoxy) is 3. The molecule has 0 fully saturated rings. The molecule has 31 heavy (non-hydrogen) atoms. The molecule has 0 saturated carbocycles. The van der Waals surface area contributed by atoms with Crippen molar-refractivity contribution in [1.29, 1.82) is 0 Å². The quantitative estimate of drug-likeness (QED) is 0.389. The van der Waals surface area contributed by atoms with E-state index in [0.29, 0.717) is 19.6 Å². The highest BCUT2D eigenvalue weighted by molar-refractivity contribution is 5.75. The second-order valence-electron chi connectivity index (χ2n) is 7.28. The highest BCUT2D eigenvalue weighted by Crippen LogP contribution is 2.41. The molecule has 0 radical (unpaired) electrons. The van der Waals surface area contributed by atoms with Crippen LogP contribution < -0.4 is 14.8 Å². The molecule has 0 bridgehead atoms. The van der Waals surface area contributed by atoms with Crippen LogP contribution >= 0.6 is 0 Å². The summed E-state index contributed by atoms with van der Waals surface area (Å²) >= 11 is 0. The number of carboxylic acid groups (broad SMARTS) is 1. The zero-order valence-electron chi connectivity index (χ0n) is 17.3. The number of fused-ring (bicyclic) bond motifs is 2. The first-order valence-corrected chi connectivity index (χ1v) is 10.4. The Balaban J connectivity index is 1.30. The van der Waals surface area contributed by atoms with Gasteiger partial charge < -0.3 is 24.6 Å². The Morgan fingerprint density at radius 2 is 1.74 bits per heavy atom. The summed E-state index contributed by atoms with van der Waals surface area (Å²) in [5.74, 6) is 1.44. The molecule has 1 aliphatic rings. The summed E-state index contributed by atoms with van der Waals surface area (Å²) in [5, 5.41) is 12.6. The first-order chi connectivity index (χ1) is 15.1. The maximum Gasteiger partial charge on any atom is 0.333 e. The van der Waals surface area contributed by atoms with E-state index < -0.39 is 12.1 Å². The van der Waals surface area contributed by atoms with Gasteiger partial charge in [0.25, 0.3) is 0 Å². The highest BCUT2D eigenvalue weighted by Gasteiger charge is 2.18. The van der Waals surface area contributed by atoms with Crippen molar-refractivity contribution in [3.05, 3.63) is 77.9 Å². The third-order valence-electron chi connectivity index (χ3n) is 5.07. The van der Waals surface area contributed by atoms with Gasteiger partial charge in [0.15, 0.2) is 17.6 Å². The number of benzene rings is 3. The van der Waals surface area contributed by atoms with Crippen LogP contribution in [0.25, 0.3) is 0 Å². The molecule has 0 amide bonds. The number of carboxylic acids is 1. The van der Waals surface area contributed by atoms with E-state index in [-0.39, 0.29) is 0 Å². The third kappa shape index (κ3) is 5.16. The van der Waals surface area contributed by atoms with E-state index >= 15 is 0 Å². The summed E-state index contributed by atoms with van der Waals surface area (Å²) in [4.78, 5) is 11.2. The van der Waals surface area contributed by atoms with Gasteiger partial charge in [-0.05, 0) is 54.4 Å². The first-order valence-electron chi connectivity index (χ1n) is 10.4. The van der Waals surface area contributed by atoms with Gasteiger partial charge in [0.2, 0.25) is 0 Å². The fourth-order valence-electron chi connectivity index (χ4n) is 3.48. The molecule has 1 aliphatic heterocycles. The molecule has 4 rings (SSSR count). The van der Waals surface area contributed by atoms with Gasteiger partial charge in [-0.3, -0.25) is 0 Å². The molecule has 3 aromatic carbocycles. The molecule has 0 aliphatic carbocycles. The third-order valence-corrected chi connectivity index (χ3v) is 5.07. The number of nitrogens with one attached hydrogen (secondary N) is 1. The lowest BCUT2D eigenvalue weighted by molar-refractivity contribution is -0.149. The average molecular weight is 419 g/mol. The van der Waals surface area contributed by atoms with Crippen LogP contribution in [-0.4, -0.2) is 30.4 Å². The lowest BCUT2D eigenvalue weighted by Crippen LogP contribution is -2.26. The number of hydrogen-bond donors (Lipinski definition) is 2. The minimum Gasteiger partial charge on any atom is -0.493 e. The Morgan fingerprint density at radius 3 is 2.52 bits per heavy atom. The maximum atomic E-state index is 11.2. The minimum atomic E-state index is -0.949. The largest absolute Gasteiger partial charge is 0.493 e. The monoisotopic (exact) mass is 419 g/mol. The number of carbonyl (C=O) groups is 1. The lowest BCUT2D eigenvalue weighted by atomic mass is 10.1. The molecule has 1 unspecified atom stereocenters. The highest BCUT2D eigenvalue weighted by atomic mass is 16.5. The summed E-state index contributed by atoms with van der Waals surface area (Å²) < 4.78 is 17.1. The van der Waals surface area contributed by atoms with Gasteiger partial charge in [-0.1, -0.05) is 30.3 Å². The number of rotatable bonds is 9. The van der Waals surface area contributed by atoms with E-state index in [1.807, 2.05) is 60.7 Å². The van der Waals surface area contributed by atoms with Gasteiger partial charge in [-0.2, -0.15) is 0 Å². The average Bonchev–Trinajstić information content (AvgIpc) is 2.78. The Morgan fingerprint density at radius 1 is 1.00 bits per heavy atom. The zero-order valence-corrected chi connectivity index (χ0v) is 17.3. The second kappa shape index (κ2) is 9.53. The predicted molar refractivity (Wildman–Crippen MR) is 119 cm³/mol. The predicted octanol–water partition coefficient (Wildman–Crippen LogP) is 5.19. The molecule has 6 nitrogen and oxygen atoms in total. The van der Waals surface area contributed by atoms with E-state index in [1.54, 1.807) is 6.92 Å². The van der Waals surface area contributed by atoms with Gasteiger partial charge in [-0.25, -0.2) is 4.79 Å². The van der Waals surface area contributed by atoms with Crippen LogP contribution in [0.3, 0.4) is 0 Å². The number of aliphatic carboxylic acids is 1. The van der Waals surface area contributed by atoms with Crippen LogP contribution in [0, 0.1) is 0 Å². The van der Waals surface area contributed by atoms with Crippen LogP contribution in [0.15, 0.2) is 66.7 Å². The number of anilines is 2. The van der Waals surface area contributed by atoms with E-state index in [1.165, 1.54) is 0 Å². The fraction of sp³-hybridized carbons (Fsp3) is 0.240. The molecule has 0 saturated heterocycles. The van der Waals surface area contributed by atoms with Crippen molar-refractivity contribution >= 4 is 17.3 Å². The lowest BCUT2D eigenvalue weighted by Gasteiger charge is -2.22. The van der Waals surface area contributed by atoms with Gasteiger partial charge in [-0.15, -0.1) is 0 Å². The Labute approximate surface area is 181 Å². The second-order valence-corrected chi connectivity index (χ2v) is 7.28. The first kappa shape index (κ1) is 20.8. The minimum absolute atomic E-state index is 0.330. The van der Waals surface area contributed by atoms with Crippen molar-refractivity contribution in [2.75, 3.05) is 18.5 Å². The summed E-state index contributed by atoms with van der Waals surface area (Å²) in [6, 6.07) is 21.4. The molecule has 0 spiro atoms. The van der Waals surface area contributed by atoms with Gasteiger partial charge >= 0.3 is 5.97 Å². The van der Waals surface area contributed by atoms with Gasteiger partial charge in [0.1, 0.15) is 5.75 Å². The molecule has 6 heteroatoms. The van der Waals surface area contributed by atoms with Crippen molar-refractivity contribution in [1.82, 2.24) is 0 Å². The Bertz CT molecular complexity index is 1050. The van der Waals surface area contributed by atoms with Crippen molar-refractivity contribution in [2.45, 2.75) is 25.9 Å². The molecular formula is C25H25NO5. The van der Waals surface area contributed by atoms with E-state index in [2.05, 4.69) is 11.4 Å². The Hall–Kier alpha value is -3.51. The van der Waals surface area contributed by atoms with Crippen LogP contribution in [0.1, 0.15) is 18.1 Å². The molecule has 3 aromatic rings. The van der Waals surface area contributed by atoms with E-state index in [0.717, 1.165) is 46.2 Å². The maximum absolute atomic E-state index is 11.2. The van der Waals surface area contributed by atoms with Crippen LogP contribution in [0.4, 0.5) is 11.4 Å². The van der Waals surface area contributed by atoms with Crippen molar-refractivity contribution in [2.24, 2.45) is 0 Å². The van der Waals surface area contributed by atoms with E-state index in [4.69, 9.17) is 14.2 Å². The SMILES string of the molecule is CCOC(Cc1ccc(OCCc2ccc3c(c2)Nc2ccccc2O3)cc1)C(=O)O. The molecular weight excluding hydrogens is 394 g/mol. The summed E-state index contributed by atoms with van der Waals surface area (Å²) in [5.41, 5.74) is 3.95. The molecule has 1 atom stereocenters. The van der Waals surface area contributed by atoms with E-state index in [9.17, 15) is 9.90 Å². The Kier molecular flexibility index (Phi) is 6.38. The molecule has 160 valence electrons. The van der Waals surface area contributed by atoms with Crippen molar-refractivity contribution in [3.8, 4) is 17.2 Å². The molecule has 2 N–H and O–H groups in total. The molecule has 0 aromatic heterocycles. The number of para-hydroxylation sites is 2. The summed E-state index contributed by atoms with van der Waals surface area (Å²) in [6.45, 7) is 2.69. The van der Waals surface area contributed by atoms with Gasteiger partial charge in [0.05, 0.1) is 18.0 Å². The summed E-state index contributed by atoms with van der Waals surface area (Å²) in [7, 11) is 0. The normalized spacial score (nSPS) is 12.7.